The molecule has 0 saturated carbocycles. The third kappa shape index (κ3) is 5.19. The highest BCUT2D eigenvalue weighted by Crippen LogP contribution is 2.34. The van der Waals surface area contributed by atoms with Crippen molar-refractivity contribution in [3.8, 4) is 6.07 Å². The third-order valence-corrected chi connectivity index (χ3v) is 6.64. The lowest BCUT2D eigenvalue weighted by Gasteiger charge is -2.36. The maximum atomic E-state index is 12.3. The van der Waals surface area contributed by atoms with E-state index in [-0.39, 0.29) is 12.0 Å². The predicted octanol–water partition coefficient (Wildman–Crippen LogP) is 2.06. The zero-order chi connectivity index (χ0) is 21.8. The smallest absolute Gasteiger partial charge is 0.234 e. The average molecular weight is 426 g/mol. The first-order chi connectivity index (χ1) is 15.0. The number of nitrogens with zero attached hydrogens (tertiary/aromatic N) is 4. The first-order valence-electron chi connectivity index (χ1n) is 11.9. The Balaban J connectivity index is 1.38. The number of fused-ring (bicyclic) bond motifs is 1. The molecular formula is C24H35N5O2. The minimum absolute atomic E-state index is 0.0662. The lowest BCUT2D eigenvalue weighted by atomic mass is 9.97. The molecule has 1 aromatic rings. The molecule has 1 aromatic heterocycles. The monoisotopic (exact) mass is 425 g/mol. The van der Waals surface area contributed by atoms with Crippen LogP contribution in [0.25, 0.3) is 0 Å². The summed E-state index contributed by atoms with van der Waals surface area (Å²) in [6.45, 7) is 9.48. The minimum atomic E-state index is 0.0662. The van der Waals surface area contributed by atoms with Crippen molar-refractivity contribution < 1.29 is 9.53 Å². The van der Waals surface area contributed by atoms with Crippen molar-refractivity contribution in [1.29, 1.82) is 5.26 Å². The normalized spacial score (nSPS) is 21.4. The molecule has 1 amide bonds. The van der Waals surface area contributed by atoms with Gasteiger partial charge in [0.05, 0.1) is 18.2 Å². The van der Waals surface area contributed by atoms with E-state index >= 15 is 0 Å². The van der Waals surface area contributed by atoms with Crippen LogP contribution in [0.4, 0.5) is 5.82 Å². The van der Waals surface area contributed by atoms with E-state index in [9.17, 15) is 10.1 Å². The number of anilines is 1. The molecule has 2 fully saturated rings. The third-order valence-electron chi connectivity index (χ3n) is 6.64. The summed E-state index contributed by atoms with van der Waals surface area (Å²) >= 11 is 0. The number of hydrogen-bond acceptors (Lipinski definition) is 6. The number of aromatic nitrogens is 1. The Labute approximate surface area is 185 Å². The van der Waals surface area contributed by atoms with E-state index in [1.165, 1.54) is 16.8 Å². The van der Waals surface area contributed by atoms with Crippen molar-refractivity contribution in [3.63, 3.8) is 0 Å². The van der Waals surface area contributed by atoms with Crippen LogP contribution in [0.15, 0.2) is 0 Å². The predicted molar refractivity (Wildman–Crippen MR) is 120 cm³/mol. The zero-order valence-corrected chi connectivity index (χ0v) is 19.0. The molecule has 1 aliphatic carbocycles. The van der Waals surface area contributed by atoms with Gasteiger partial charge in [0.1, 0.15) is 11.9 Å². The second kappa shape index (κ2) is 9.97. The molecule has 1 atom stereocenters. The van der Waals surface area contributed by atoms with Crippen molar-refractivity contribution in [2.75, 3.05) is 50.8 Å². The van der Waals surface area contributed by atoms with Crippen LogP contribution in [0.1, 0.15) is 55.5 Å². The van der Waals surface area contributed by atoms with Crippen LogP contribution in [-0.4, -0.2) is 67.8 Å². The fourth-order valence-corrected chi connectivity index (χ4v) is 5.04. The van der Waals surface area contributed by atoms with Gasteiger partial charge in [-0.15, -0.1) is 0 Å². The molecule has 0 aromatic carbocycles. The molecule has 2 saturated heterocycles. The summed E-state index contributed by atoms with van der Waals surface area (Å²) in [5.74, 6) is 1.47. The Morgan fingerprint density at radius 3 is 2.68 bits per heavy atom. The molecule has 0 radical (unpaired) electrons. The standard InChI is InChI=1S/C24H35N5O2/c1-17(2)13-22-20-7-3-6-19(20)21(14-25)24(27-22)29-10-8-28(9-11-29)16-23(30)26-15-18-5-4-12-31-18/h17-18H,3-13,15-16H2,1-2H3,(H,26,30). The number of carbonyl (C=O) groups is 1. The highest BCUT2D eigenvalue weighted by atomic mass is 16.5. The lowest BCUT2D eigenvalue weighted by molar-refractivity contribution is -0.122. The molecule has 4 rings (SSSR count). The van der Waals surface area contributed by atoms with Gasteiger partial charge in [-0.3, -0.25) is 9.69 Å². The maximum absolute atomic E-state index is 12.3. The number of ether oxygens (including phenoxy) is 1. The maximum Gasteiger partial charge on any atom is 0.234 e. The molecule has 168 valence electrons. The van der Waals surface area contributed by atoms with Crippen molar-refractivity contribution in [2.24, 2.45) is 5.92 Å². The zero-order valence-electron chi connectivity index (χ0n) is 19.0. The minimum Gasteiger partial charge on any atom is -0.376 e. The quantitative estimate of drug-likeness (QED) is 0.720. The van der Waals surface area contributed by atoms with Gasteiger partial charge in [-0.25, -0.2) is 4.98 Å². The molecule has 0 bridgehead atoms. The number of carbonyl (C=O) groups excluding carboxylic acids is 1. The van der Waals surface area contributed by atoms with Crippen LogP contribution >= 0.6 is 0 Å². The van der Waals surface area contributed by atoms with Crippen LogP contribution in [0.2, 0.25) is 0 Å². The van der Waals surface area contributed by atoms with Gasteiger partial charge in [-0.1, -0.05) is 13.8 Å². The van der Waals surface area contributed by atoms with Gasteiger partial charge >= 0.3 is 0 Å². The van der Waals surface area contributed by atoms with Crippen LogP contribution < -0.4 is 10.2 Å². The number of amides is 1. The van der Waals surface area contributed by atoms with E-state index < -0.39 is 0 Å². The van der Waals surface area contributed by atoms with E-state index in [0.717, 1.165) is 82.7 Å². The molecule has 2 aliphatic heterocycles. The Morgan fingerprint density at radius 2 is 2.00 bits per heavy atom. The number of hydrogen-bond donors (Lipinski definition) is 1. The SMILES string of the molecule is CC(C)Cc1nc(N2CCN(CC(=O)NCC3CCCO3)CC2)c(C#N)c2c1CCC2. The van der Waals surface area contributed by atoms with Crippen molar-refractivity contribution in [1.82, 2.24) is 15.2 Å². The fraction of sp³-hybridized carbons (Fsp3) is 0.708. The second-order valence-electron chi connectivity index (χ2n) is 9.48. The van der Waals surface area contributed by atoms with Gasteiger partial charge in [-0.05, 0) is 55.6 Å². The molecule has 3 heterocycles. The van der Waals surface area contributed by atoms with Crippen molar-refractivity contribution in [3.05, 3.63) is 22.4 Å². The summed E-state index contributed by atoms with van der Waals surface area (Å²) < 4.78 is 5.58. The van der Waals surface area contributed by atoms with Crippen LogP contribution in [0.3, 0.4) is 0 Å². The number of rotatable bonds is 7. The van der Waals surface area contributed by atoms with Gasteiger partial charge in [0.2, 0.25) is 5.91 Å². The van der Waals surface area contributed by atoms with Crippen molar-refractivity contribution in [2.45, 2.75) is 58.5 Å². The van der Waals surface area contributed by atoms with Gasteiger partial charge in [0.25, 0.3) is 0 Å². The fourth-order valence-electron chi connectivity index (χ4n) is 5.04. The first-order valence-corrected chi connectivity index (χ1v) is 11.9. The Kier molecular flexibility index (Phi) is 7.09. The summed E-state index contributed by atoms with van der Waals surface area (Å²) in [4.78, 5) is 21.8. The van der Waals surface area contributed by atoms with E-state index in [1.54, 1.807) is 0 Å². The summed E-state index contributed by atoms with van der Waals surface area (Å²) in [6.07, 6.45) is 6.42. The summed E-state index contributed by atoms with van der Waals surface area (Å²) in [7, 11) is 0. The highest BCUT2D eigenvalue weighted by molar-refractivity contribution is 5.78. The van der Waals surface area contributed by atoms with E-state index in [0.29, 0.717) is 19.0 Å². The topological polar surface area (TPSA) is 81.5 Å². The molecule has 1 N–H and O–H groups in total. The Hall–Kier alpha value is -2.17. The van der Waals surface area contributed by atoms with Gasteiger partial charge in [-0.2, -0.15) is 5.26 Å². The molecule has 3 aliphatic rings. The lowest BCUT2D eigenvalue weighted by Crippen LogP contribution is -2.50. The number of nitrogens with one attached hydrogen (secondary N) is 1. The van der Waals surface area contributed by atoms with E-state index in [2.05, 4.69) is 35.0 Å². The van der Waals surface area contributed by atoms with Crippen molar-refractivity contribution >= 4 is 11.7 Å². The molecule has 7 nitrogen and oxygen atoms in total. The van der Waals surface area contributed by atoms with Gasteiger partial charge in [0, 0.05) is 45.0 Å². The summed E-state index contributed by atoms with van der Waals surface area (Å²) in [6, 6.07) is 2.47. The number of pyridine rings is 1. The largest absolute Gasteiger partial charge is 0.376 e. The average Bonchev–Trinajstić information content (AvgIpc) is 3.44. The number of piperazine rings is 1. The molecule has 0 spiro atoms. The van der Waals surface area contributed by atoms with Crippen LogP contribution in [0.5, 0.6) is 0 Å². The Bertz CT molecular complexity index is 833. The molecule has 7 heteroatoms. The Morgan fingerprint density at radius 1 is 1.23 bits per heavy atom. The van der Waals surface area contributed by atoms with E-state index in [4.69, 9.17) is 9.72 Å². The first kappa shape index (κ1) is 22.0. The summed E-state index contributed by atoms with van der Waals surface area (Å²) in [5.41, 5.74) is 4.53. The number of nitriles is 1. The highest BCUT2D eigenvalue weighted by Gasteiger charge is 2.28. The van der Waals surface area contributed by atoms with Crippen LogP contribution in [0, 0.1) is 17.2 Å². The second-order valence-corrected chi connectivity index (χ2v) is 9.48. The van der Waals surface area contributed by atoms with Gasteiger partial charge < -0.3 is 15.0 Å². The van der Waals surface area contributed by atoms with E-state index in [1.807, 2.05) is 0 Å². The molecule has 1 unspecified atom stereocenters. The molecular weight excluding hydrogens is 390 g/mol. The van der Waals surface area contributed by atoms with Crippen LogP contribution in [-0.2, 0) is 28.8 Å². The van der Waals surface area contributed by atoms with Gasteiger partial charge in [0.15, 0.2) is 0 Å². The summed E-state index contributed by atoms with van der Waals surface area (Å²) in [5, 5.41) is 12.9. The molecule has 31 heavy (non-hydrogen) atoms.